The summed E-state index contributed by atoms with van der Waals surface area (Å²) >= 11 is 5.90. The Labute approximate surface area is 198 Å². The number of aromatic hydroxyl groups is 1. The highest BCUT2D eigenvalue weighted by Gasteiger charge is 2.39. The number of rotatable bonds is 6. The molecule has 0 saturated heterocycles. The zero-order valence-electron chi connectivity index (χ0n) is 17.9. The fourth-order valence-electron chi connectivity index (χ4n) is 3.50. The standard InChI is InChI=1S/C25H19ClF3N3O2/c1-30-13-16-3-2-4-17(11-16)22-23(31-32-24(22)25(27,28)29)20-12-19(9-10-21(20)33)34-14-15-5-7-18(26)8-6-15/h2-13,33H,14H2,1H3,(H,31,32)/b30-13+. The number of phenols is 1. The summed E-state index contributed by atoms with van der Waals surface area (Å²) < 4.78 is 47.3. The molecule has 0 bridgehead atoms. The number of aromatic nitrogens is 2. The minimum atomic E-state index is -4.71. The predicted octanol–water partition coefficient (Wildman–Crippen LogP) is 6.75. The molecule has 5 nitrogen and oxygen atoms in total. The summed E-state index contributed by atoms with van der Waals surface area (Å²) in [4.78, 5) is 3.92. The van der Waals surface area contributed by atoms with Gasteiger partial charge in [-0.25, -0.2) is 0 Å². The van der Waals surface area contributed by atoms with E-state index in [9.17, 15) is 18.3 Å². The molecule has 0 aliphatic rings. The molecule has 4 aromatic rings. The van der Waals surface area contributed by atoms with Crippen LogP contribution < -0.4 is 4.74 Å². The molecule has 0 atom stereocenters. The maximum atomic E-state index is 13.8. The number of halogens is 4. The smallest absolute Gasteiger partial charge is 0.435 e. The maximum absolute atomic E-state index is 13.8. The van der Waals surface area contributed by atoms with Gasteiger partial charge in [-0.1, -0.05) is 41.9 Å². The second-order valence-electron chi connectivity index (χ2n) is 7.43. The molecular weight excluding hydrogens is 467 g/mol. The zero-order valence-corrected chi connectivity index (χ0v) is 18.7. The molecule has 1 aromatic heterocycles. The van der Waals surface area contributed by atoms with Gasteiger partial charge in [0.25, 0.3) is 0 Å². The Morgan fingerprint density at radius 3 is 2.56 bits per heavy atom. The Balaban J connectivity index is 1.77. The fraction of sp³-hybridized carbons (Fsp3) is 0.120. The normalized spacial score (nSPS) is 11.8. The van der Waals surface area contributed by atoms with Crippen LogP contribution in [-0.4, -0.2) is 28.6 Å². The number of aliphatic imine (C=N–C) groups is 1. The van der Waals surface area contributed by atoms with E-state index in [2.05, 4.69) is 15.2 Å². The van der Waals surface area contributed by atoms with E-state index in [0.29, 0.717) is 16.3 Å². The van der Waals surface area contributed by atoms with Gasteiger partial charge in [0.1, 0.15) is 18.1 Å². The summed E-state index contributed by atoms with van der Waals surface area (Å²) in [7, 11) is 1.57. The Hall–Kier alpha value is -3.78. The second-order valence-corrected chi connectivity index (χ2v) is 7.86. The highest BCUT2D eigenvalue weighted by atomic mass is 35.5. The van der Waals surface area contributed by atoms with Crippen LogP contribution in [0.3, 0.4) is 0 Å². The number of alkyl halides is 3. The molecule has 1 heterocycles. The van der Waals surface area contributed by atoms with Gasteiger partial charge in [-0.05, 0) is 53.1 Å². The third-order valence-electron chi connectivity index (χ3n) is 5.04. The zero-order chi connectivity index (χ0) is 24.3. The average molecular weight is 486 g/mol. The van der Waals surface area contributed by atoms with E-state index in [0.717, 1.165) is 5.56 Å². The van der Waals surface area contributed by atoms with Crippen molar-refractivity contribution in [2.24, 2.45) is 4.99 Å². The van der Waals surface area contributed by atoms with Crippen LogP contribution in [0.25, 0.3) is 22.4 Å². The first-order valence-electron chi connectivity index (χ1n) is 10.1. The molecule has 174 valence electrons. The van der Waals surface area contributed by atoms with Crippen molar-refractivity contribution < 1.29 is 23.0 Å². The summed E-state index contributed by atoms with van der Waals surface area (Å²) in [5.41, 5.74) is 0.650. The monoisotopic (exact) mass is 485 g/mol. The second kappa shape index (κ2) is 9.61. The van der Waals surface area contributed by atoms with Crippen molar-refractivity contribution in [3.63, 3.8) is 0 Å². The van der Waals surface area contributed by atoms with Crippen molar-refractivity contribution in [2.75, 3.05) is 7.05 Å². The van der Waals surface area contributed by atoms with Crippen molar-refractivity contribution in [3.8, 4) is 33.9 Å². The van der Waals surface area contributed by atoms with Crippen molar-refractivity contribution in [2.45, 2.75) is 12.8 Å². The van der Waals surface area contributed by atoms with E-state index < -0.39 is 11.9 Å². The SMILES string of the molecule is C/N=C/c1cccc(-c2c(C(F)(F)F)n[nH]c2-c2cc(OCc3ccc(Cl)cc3)ccc2O)c1. The predicted molar refractivity (Wildman–Crippen MR) is 125 cm³/mol. The lowest BCUT2D eigenvalue weighted by Gasteiger charge is -2.12. The maximum Gasteiger partial charge on any atom is 0.435 e. The van der Waals surface area contributed by atoms with Crippen LogP contribution in [0.5, 0.6) is 11.5 Å². The van der Waals surface area contributed by atoms with Crippen LogP contribution in [-0.2, 0) is 12.8 Å². The summed E-state index contributed by atoms with van der Waals surface area (Å²) in [6.07, 6.45) is -3.17. The Bertz CT molecular complexity index is 1330. The molecule has 0 saturated carbocycles. The number of phenolic OH excluding ortho intramolecular Hbond substituents is 1. The lowest BCUT2D eigenvalue weighted by atomic mass is 9.96. The van der Waals surface area contributed by atoms with Crippen molar-refractivity contribution in [1.29, 1.82) is 0 Å². The molecule has 3 aromatic carbocycles. The quantitative estimate of drug-likeness (QED) is 0.297. The first kappa shape index (κ1) is 23.4. The highest BCUT2D eigenvalue weighted by molar-refractivity contribution is 6.30. The van der Waals surface area contributed by atoms with E-state index in [1.165, 1.54) is 18.2 Å². The van der Waals surface area contributed by atoms with Crippen LogP contribution in [0.15, 0.2) is 71.7 Å². The largest absolute Gasteiger partial charge is 0.507 e. The van der Waals surface area contributed by atoms with E-state index >= 15 is 0 Å². The van der Waals surface area contributed by atoms with Gasteiger partial charge in [0.05, 0.1) is 5.69 Å². The number of nitrogens with one attached hydrogen (secondary N) is 1. The van der Waals surface area contributed by atoms with Gasteiger partial charge >= 0.3 is 6.18 Å². The van der Waals surface area contributed by atoms with Crippen molar-refractivity contribution in [1.82, 2.24) is 10.2 Å². The van der Waals surface area contributed by atoms with Crippen LogP contribution in [0, 0.1) is 0 Å². The van der Waals surface area contributed by atoms with Gasteiger partial charge in [-0.3, -0.25) is 10.1 Å². The molecule has 0 unspecified atom stereocenters. The van der Waals surface area contributed by atoms with Gasteiger partial charge in [0.2, 0.25) is 0 Å². The average Bonchev–Trinajstić information content (AvgIpc) is 3.26. The lowest BCUT2D eigenvalue weighted by Crippen LogP contribution is -2.07. The van der Waals surface area contributed by atoms with E-state index in [-0.39, 0.29) is 34.7 Å². The van der Waals surface area contributed by atoms with E-state index in [4.69, 9.17) is 16.3 Å². The molecule has 2 N–H and O–H groups in total. The van der Waals surface area contributed by atoms with E-state index in [1.807, 2.05) is 0 Å². The third-order valence-corrected chi connectivity index (χ3v) is 5.30. The topological polar surface area (TPSA) is 70.5 Å². The molecule has 0 radical (unpaired) electrons. The number of hydrogen-bond acceptors (Lipinski definition) is 4. The molecule has 0 spiro atoms. The van der Waals surface area contributed by atoms with Gasteiger partial charge in [0.15, 0.2) is 5.69 Å². The number of nitrogens with zero attached hydrogens (tertiary/aromatic N) is 2. The van der Waals surface area contributed by atoms with Gasteiger partial charge in [-0.15, -0.1) is 0 Å². The Morgan fingerprint density at radius 2 is 1.85 bits per heavy atom. The van der Waals surface area contributed by atoms with Crippen molar-refractivity contribution in [3.05, 3.63) is 88.6 Å². The number of benzene rings is 3. The van der Waals surface area contributed by atoms with Gasteiger partial charge in [-0.2, -0.15) is 18.3 Å². The minimum Gasteiger partial charge on any atom is -0.507 e. The Morgan fingerprint density at radius 1 is 1.09 bits per heavy atom. The summed E-state index contributed by atoms with van der Waals surface area (Å²) in [6.45, 7) is 0.212. The molecular formula is C25H19ClF3N3O2. The van der Waals surface area contributed by atoms with Crippen LogP contribution in [0.1, 0.15) is 16.8 Å². The van der Waals surface area contributed by atoms with Crippen molar-refractivity contribution >= 4 is 17.8 Å². The molecule has 0 fully saturated rings. The number of H-pyrrole nitrogens is 1. The van der Waals surface area contributed by atoms with Crippen LogP contribution >= 0.6 is 11.6 Å². The molecule has 0 aliphatic heterocycles. The van der Waals surface area contributed by atoms with Crippen LogP contribution in [0.2, 0.25) is 5.02 Å². The third kappa shape index (κ3) is 5.07. The molecule has 0 aliphatic carbocycles. The molecule has 9 heteroatoms. The first-order chi connectivity index (χ1) is 16.3. The molecule has 0 amide bonds. The van der Waals surface area contributed by atoms with E-state index in [1.54, 1.807) is 61.8 Å². The summed E-state index contributed by atoms with van der Waals surface area (Å²) in [5.74, 6) is 0.146. The van der Waals surface area contributed by atoms with Gasteiger partial charge in [0, 0.05) is 29.4 Å². The molecule has 4 rings (SSSR count). The number of hydrogen-bond donors (Lipinski definition) is 2. The number of aromatic amines is 1. The van der Waals surface area contributed by atoms with Crippen LogP contribution in [0.4, 0.5) is 13.2 Å². The fourth-order valence-corrected chi connectivity index (χ4v) is 3.63. The van der Waals surface area contributed by atoms with Gasteiger partial charge < -0.3 is 9.84 Å². The number of ether oxygens (including phenoxy) is 1. The lowest BCUT2D eigenvalue weighted by molar-refractivity contribution is -0.140. The Kier molecular flexibility index (Phi) is 6.61. The molecule has 34 heavy (non-hydrogen) atoms. The highest BCUT2D eigenvalue weighted by Crippen LogP contribution is 2.44. The first-order valence-corrected chi connectivity index (χ1v) is 10.5. The summed E-state index contributed by atoms with van der Waals surface area (Å²) in [5, 5.41) is 17.1. The minimum absolute atomic E-state index is 0.0207. The summed E-state index contributed by atoms with van der Waals surface area (Å²) in [6, 6.07) is 17.9.